The van der Waals surface area contributed by atoms with Crippen molar-refractivity contribution in [3.63, 3.8) is 0 Å². The second-order valence-electron chi connectivity index (χ2n) is 4.93. The van der Waals surface area contributed by atoms with E-state index in [1.165, 1.54) is 12.8 Å². The van der Waals surface area contributed by atoms with Crippen LogP contribution >= 0.6 is 0 Å². The first-order valence-electron chi connectivity index (χ1n) is 6.47. The number of nitrogens with one attached hydrogen (secondary N) is 2. The van der Waals surface area contributed by atoms with Gasteiger partial charge in [-0.2, -0.15) is 0 Å². The van der Waals surface area contributed by atoms with Gasteiger partial charge in [0.2, 0.25) is 0 Å². The minimum absolute atomic E-state index is 0.124. The summed E-state index contributed by atoms with van der Waals surface area (Å²) in [6, 6.07) is 4.05. The highest BCUT2D eigenvalue weighted by Gasteiger charge is 2.20. The molecule has 2 heterocycles. The molecule has 98 valence electrons. The van der Waals surface area contributed by atoms with E-state index in [0.717, 1.165) is 16.8 Å². The molecule has 5 heteroatoms. The first kappa shape index (κ1) is 12.0. The minimum atomic E-state index is -0.124. The third kappa shape index (κ3) is 2.88. The van der Waals surface area contributed by atoms with E-state index in [0.29, 0.717) is 18.4 Å². The van der Waals surface area contributed by atoms with Crippen LogP contribution in [0.25, 0.3) is 11.4 Å². The number of aromatic amines is 1. The Bertz CT molecular complexity index is 646. The van der Waals surface area contributed by atoms with Crippen molar-refractivity contribution >= 4 is 0 Å². The fourth-order valence-corrected chi connectivity index (χ4v) is 1.97. The highest BCUT2D eigenvalue weighted by atomic mass is 16.1. The van der Waals surface area contributed by atoms with E-state index in [2.05, 4.69) is 20.3 Å². The van der Waals surface area contributed by atoms with Crippen molar-refractivity contribution in [1.29, 1.82) is 0 Å². The number of aromatic nitrogens is 3. The summed E-state index contributed by atoms with van der Waals surface area (Å²) in [4.78, 5) is 23.1. The predicted octanol–water partition coefficient (Wildman–Crippen LogP) is 1.39. The highest BCUT2D eigenvalue weighted by Crippen LogP contribution is 2.20. The zero-order chi connectivity index (χ0) is 13.2. The molecule has 3 rings (SSSR count). The molecule has 1 aliphatic rings. The number of aryl methyl sites for hydroxylation is 1. The van der Waals surface area contributed by atoms with Crippen molar-refractivity contribution in [2.75, 3.05) is 0 Å². The van der Waals surface area contributed by atoms with Gasteiger partial charge in [0, 0.05) is 36.6 Å². The van der Waals surface area contributed by atoms with Crippen molar-refractivity contribution in [2.24, 2.45) is 0 Å². The number of hydrogen-bond donors (Lipinski definition) is 2. The maximum absolute atomic E-state index is 11.7. The summed E-state index contributed by atoms with van der Waals surface area (Å²) < 4.78 is 0. The molecule has 0 unspecified atom stereocenters. The summed E-state index contributed by atoms with van der Waals surface area (Å²) in [5, 5.41) is 3.36. The average Bonchev–Trinajstić information content (AvgIpc) is 3.20. The van der Waals surface area contributed by atoms with E-state index in [1.807, 2.05) is 13.0 Å². The molecule has 5 nitrogen and oxygen atoms in total. The fourth-order valence-electron chi connectivity index (χ4n) is 1.97. The van der Waals surface area contributed by atoms with Gasteiger partial charge in [-0.25, -0.2) is 4.98 Å². The van der Waals surface area contributed by atoms with Crippen molar-refractivity contribution in [1.82, 2.24) is 20.3 Å². The molecule has 0 atom stereocenters. The van der Waals surface area contributed by atoms with Crippen LogP contribution in [0.4, 0.5) is 0 Å². The Labute approximate surface area is 111 Å². The minimum Gasteiger partial charge on any atom is -0.308 e. The maximum atomic E-state index is 11.7. The molecule has 0 spiro atoms. The Morgan fingerprint density at radius 2 is 2.32 bits per heavy atom. The average molecular weight is 256 g/mol. The quantitative estimate of drug-likeness (QED) is 0.867. The molecule has 1 fully saturated rings. The van der Waals surface area contributed by atoms with E-state index in [9.17, 15) is 4.79 Å². The van der Waals surface area contributed by atoms with E-state index < -0.39 is 0 Å². The molecule has 2 aromatic rings. The zero-order valence-corrected chi connectivity index (χ0v) is 10.8. The zero-order valence-electron chi connectivity index (χ0n) is 10.8. The molecule has 1 saturated carbocycles. The summed E-state index contributed by atoms with van der Waals surface area (Å²) in [7, 11) is 0. The predicted molar refractivity (Wildman–Crippen MR) is 72.7 cm³/mol. The molecule has 0 saturated heterocycles. The molecule has 0 radical (unpaired) electrons. The van der Waals surface area contributed by atoms with Crippen LogP contribution in [0.1, 0.15) is 24.1 Å². The summed E-state index contributed by atoms with van der Waals surface area (Å²) in [5.74, 6) is 0.589. The lowest BCUT2D eigenvalue weighted by atomic mass is 10.1. The van der Waals surface area contributed by atoms with Gasteiger partial charge < -0.3 is 10.3 Å². The number of H-pyrrole nitrogens is 1. The van der Waals surface area contributed by atoms with Gasteiger partial charge >= 0.3 is 0 Å². The van der Waals surface area contributed by atoms with Crippen LogP contribution in [-0.4, -0.2) is 21.0 Å². The Morgan fingerprint density at radius 3 is 3.05 bits per heavy atom. The van der Waals surface area contributed by atoms with Crippen LogP contribution in [0.15, 0.2) is 29.3 Å². The third-order valence-corrected chi connectivity index (χ3v) is 3.24. The highest BCUT2D eigenvalue weighted by molar-refractivity contribution is 5.57. The Balaban J connectivity index is 1.92. The monoisotopic (exact) mass is 256 g/mol. The molecule has 0 bridgehead atoms. The molecular weight excluding hydrogens is 240 g/mol. The van der Waals surface area contributed by atoms with Gasteiger partial charge in [0.15, 0.2) is 0 Å². The third-order valence-electron chi connectivity index (χ3n) is 3.24. The van der Waals surface area contributed by atoms with Gasteiger partial charge in [0.1, 0.15) is 5.82 Å². The number of nitrogens with zero attached hydrogens (tertiary/aromatic N) is 2. The fraction of sp³-hybridized carbons (Fsp3) is 0.357. The number of hydrogen-bond acceptors (Lipinski definition) is 4. The van der Waals surface area contributed by atoms with Gasteiger partial charge in [-0.15, -0.1) is 0 Å². The molecule has 0 amide bonds. The van der Waals surface area contributed by atoms with Crippen molar-refractivity contribution in [3.05, 3.63) is 46.1 Å². The summed E-state index contributed by atoms with van der Waals surface area (Å²) in [6.07, 6.45) is 5.90. The topological polar surface area (TPSA) is 70.7 Å². The second-order valence-corrected chi connectivity index (χ2v) is 4.93. The molecule has 2 aromatic heterocycles. The maximum Gasteiger partial charge on any atom is 0.251 e. The second kappa shape index (κ2) is 4.93. The molecule has 0 aromatic carbocycles. The Morgan fingerprint density at radius 1 is 1.47 bits per heavy atom. The standard InChI is InChI=1S/C14H16N4O/c1-9-4-5-15-8-12(9)14-17-11(6-13(19)18-14)7-16-10-2-3-10/h4-6,8,10,16H,2-3,7H2,1H3,(H,17,18,19). The summed E-state index contributed by atoms with van der Waals surface area (Å²) >= 11 is 0. The number of rotatable bonds is 4. The van der Waals surface area contributed by atoms with Crippen molar-refractivity contribution in [3.8, 4) is 11.4 Å². The lowest BCUT2D eigenvalue weighted by Gasteiger charge is -2.07. The first-order valence-corrected chi connectivity index (χ1v) is 6.47. The van der Waals surface area contributed by atoms with Crippen LogP contribution < -0.4 is 10.9 Å². The van der Waals surface area contributed by atoms with E-state index in [1.54, 1.807) is 18.5 Å². The SMILES string of the molecule is Cc1ccncc1-c1nc(CNC2CC2)cc(=O)[nH]1. The van der Waals surface area contributed by atoms with Gasteiger partial charge in [-0.3, -0.25) is 9.78 Å². The molecule has 1 aliphatic carbocycles. The lowest BCUT2D eigenvalue weighted by molar-refractivity contribution is 0.672. The molecule has 19 heavy (non-hydrogen) atoms. The normalized spacial score (nSPS) is 14.6. The Hall–Kier alpha value is -2.01. The van der Waals surface area contributed by atoms with Gasteiger partial charge in [-0.05, 0) is 31.4 Å². The van der Waals surface area contributed by atoms with Crippen molar-refractivity contribution < 1.29 is 0 Å². The first-order chi connectivity index (χ1) is 9.22. The van der Waals surface area contributed by atoms with Gasteiger partial charge in [0.25, 0.3) is 5.56 Å². The number of pyridine rings is 1. The van der Waals surface area contributed by atoms with E-state index in [-0.39, 0.29) is 5.56 Å². The smallest absolute Gasteiger partial charge is 0.251 e. The van der Waals surface area contributed by atoms with Crippen LogP contribution in [0.5, 0.6) is 0 Å². The van der Waals surface area contributed by atoms with Crippen LogP contribution in [0.2, 0.25) is 0 Å². The summed E-state index contributed by atoms with van der Waals surface area (Å²) in [5.41, 5.74) is 2.56. The van der Waals surface area contributed by atoms with Crippen LogP contribution in [-0.2, 0) is 6.54 Å². The van der Waals surface area contributed by atoms with Crippen LogP contribution in [0, 0.1) is 6.92 Å². The van der Waals surface area contributed by atoms with E-state index >= 15 is 0 Å². The van der Waals surface area contributed by atoms with Crippen LogP contribution in [0.3, 0.4) is 0 Å². The Kier molecular flexibility index (Phi) is 3.13. The van der Waals surface area contributed by atoms with Gasteiger partial charge in [0.05, 0.1) is 5.69 Å². The summed E-state index contributed by atoms with van der Waals surface area (Å²) in [6.45, 7) is 2.62. The largest absolute Gasteiger partial charge is 0.308 e. The molecular formula is C14H16N4O. The lowest BCUT2D eigenvalue weighted by Crippen LogP contribution is -2.19. The van der Waals surface area contributed by atoms with Gasteiger partial charge in [-0.1, -0.05) is 0 Å². The van der Waals surface area contributed by atoms with Crippen molar-refractivity contribution in [2.45, 2.75) is 32.4 Å². The molecule has 0 aliphatic heterocycles. The molecule has 2 N–H and O–H groups in total. The van der Waals surface area contributed by atoms with E-state index in [4.69, 9.17) is 0 Å².